The molecule has 0 saturated carbocycles. The third kappa shape index (κ3) is 4.34. The summed E-state index contributed by atoms with van der Waals surface area (Å²) in [5.74, 6) is 0.567. The van der Waals surface area contributed by atoms with Crippen LogP contribution >= 0.6 is 22.9 Å². The van der Waals surface area contributed by atoms with E-state index in [2.05, 4.69) is 15.6 Å². The van der Waals surface area contributed by atoms with Gasteiger partial charge < -0.3 is 15.4 Å². The lowest BCUT2D eigenvalue weighted by atomic mass is 10.2. The van der Waals surface area contributed by atoms with Gasteiger partial charge in [-0.25, -0.2) is 4.98 Å². The number of thiazole rings is 1. The van der Waals surface area contributed by atoms with E-state index in [1.54, 1.807) is 20.2 Å². The number of benzene rings is 1. The van der Waals surface area contributed by atoms with Crippen molar-refractivity contribution >= 4 is 40.2 Å². The highest BCUT2D eigenvalue weighted by molar-refractivity contribution is 7.15. The molecule has 1 amide bonds. The smallest absolute Gasteiger partial charge is 0.224 e. The lowest BCUT2D eigenvalue weighted by Gasteiger charge is -2.12. The summed E-state index contributed by atoms with van der Waals surface area (Å²) in [6, 6.07) is 5.54. The Kier molecular flexibility index (Phi) is 5.41. The number of halogens is 1. The highest BCUT2D eigenvalue weighted by atomic mass is 35.5. The number of rotatable bonds is 6. The molecule has 2 rings (SSSR count). The molecule has 0 aliphatic rings. The quantitative estimate of drug-likeness (QED) is 0.848. The molecule has 2 aromatic rings. The lowest BCUT2D eigenvalue weighted by molar-refractivity contribution is -0.115. The molecule has 1 heterocycles. The maximum absolute atomic E-state index is 11.4. The van der Waals surface area contributed by atoms with Crippen molar-refractivity contribution in [3.8, 4) is 5.75 Å². The Morgan fingerprint density at radius 2 is 2.29 bits per heavy atom. The van der Waals surface area contributed by atoms with Gasteiger partial charge in [0.25, 0.3) is 0 Å². The monoisotopic (exact) mass is 325 g/mol. The number of aromatic nitrogens is 1. The second-order valence-corrected chi connectivity index (χ2v) is 5.95. The molecule has 0 spiro atoms. The number of nitrogens with zero attached hydrogens (tertiary/aromatic N) is 1. The average Bonchev–Trinajstić information content (AvgIpc) is 2.91. The van der Waals surface area contributed by atoms with Crippen LogP contribution in [0.2, 0.25) is 4.47 Å². The SMILES string of the molecule is CCC(=O)Nc1ccc(NCc2cnc(Cl)s2)cc1OC. The van der Waals surface area contributed by atoms with Gasteiger partial charge in [-0.1, -0.05) is 18.5 Å². The zero-order chi connectivity index (χ0) is 15.2. The molecule has 112 valence electrons. The maximum Gasteiger partial charge on any atom is 0.224 e. The van der Waals surface area contributed by atoms with Crippen LogP contribution in [0.1, 0.15) is 18.2 Å². The highest BCUT2D eigenvalue weighted by Gasteiger charge is 2.07. The summed E-state index contributed by atoms with van der Waals surface area (Å²) in [4.78, 5) is 16.5. The van der Waals surface area contributed by atoms with E-state index < -0.39 is 0 Å². The molecule has 5 nitrogen and oxygen atoms in total. The first-order valence-electron chi connectivity index (χ1n) is 6.44. The van der Waals surface area contributed by atoms with E-state index >= 15 is 0 Å². The number of hydrogen-bond donors (Lipinski definition) is 2. The number of carbonyl (C=O) groups is 1. The fraction of sp³-hybridized carbons (Fsp3) is 0.286. The van der Waals surface area contributed by atoms with Crippen molar-refractivity contribution in [2.75, 3.05) is 17.7 Å². The Labute approximate surface area is 132 Å². The number of nitrogens with one attached hydrogen (secondary N) is 2. The number of ether oxygens (including phenoxy) is 1. The van der Waals surface area contributed by atoms with E-state index in [0.717, 1.165) is 10.6 Å². The minimum absolute atomic E-state index is 0.0479. The largest absolute Gasteiger partial charge is 0.494 e. The van der Waals surface area contributed by atoms with E-state index in [-0.39, 0.29) is 5.91 Å². The Balaban J connectivity index is 2.05. The summed E-state index contributed by atoms with van der Waals surface area (Å²) in [6.45, 7) is 2.44. The molecule has 0 aliphatic carbocycles. The van der Waals surface area contributed by atoms with Crippen LogP contribution in [0.4, 0.5) is 11.4 Å². The summed E-state index contributed by atoms with van der Waals surface area (Å²) in [5.41, 5.74) is 1.56. The van der Waals surface area contributed by atoms with E-state index in [1.807, 2.05) is 18.2 Å². The molecular weight excluding hydrogens is 310 g/mol. The molecule has 0 saturated heterocycles. The first kappa shape index (κ1) is 15.6. The van der Waals surface area contributed by atoms with E-state index in [1.165, 1.54) is 11.3 Å². The number of hydrogen-bond acceptors (Lipinski definition) is 5. The molecule has 0 aliphatic heterocycles. The normalized spacial score (nSPS) is 10.2. The van der Waals surface area contributed by atoms with Crippen LogP contribution in [0.5, 0.6) is 5.75 Å². The van der Waals surface area contributed by atoms with Gasteiger partial charge in [-0.3, -0.25) is 4.79 Å². The first-order chi connectivity index (χ1) is 10.1. The number of anilines is 2. The predicted octanol–water partition coefficient (Wildman–Crippen LogP) is 3.77. The van der Waals surface area contributed by atoms with Crippen molar-refractivity contribution in [3.63, 3.8) is 0 Å². The molecule has 1 aromatic heterocycles. The first-order valence-corrected chi connectivity index (χ1v) is 7.63. The number of carbonyl (C=O) groups excluding carboxylic acids is 1. The molecule has 0 unspecified atom stereocenters. The van der Waals surface area contributed by atoms with Gasteiger partial charge in [0.15, 0.2) is 4.47 Å². The molecule has 0 atom stereocenters. The maximum atomic E-state index is 11.4. The molecule has 0 fully saturated rings. The van der Waals surface area contributed by atoms with Crippen LogP contribution in [-0.4, -0.2) is 18.0 Å². The van der Waals surface area contributed by atoms with Crippen LogP contribution in [0.3, 0.4) is 0 Å². The molecule has 2 N–H and O–H groups in total. The summed E-state index contributed by atoms with van der Waals surface area (Å²) in [6.07, 6.45) is 2.17. The van der Waals surface area contributed by atoms with Crippen LogP contribution in [0.15, 0.2) is 24.4 Å². The van der Waals surface area contributed by atoms with E-state index in [9.17, 15) is 4.79 Å². The van der Waals surface area contributed by atoms with Gasteiger partial charge >= 0.3 is 0 Å². The third-order valence-electron chi connectivity index (χ3n) is 2.79. The summed E-state index contributed by atoms with van der Waals surface area (Å²) in [5, 5.41) is 6.06. The second kappa shape index (κ2) is 7.28. The molecule has 1 aromatic carbocycles. The predicted molar refractivity (Wildman–Crippen MR) is 86.4 cm³/mol. The van der Waals surface area contributed by atoms with Gasteiger partial charge in [-0.2, -0.15) is 0 Å². The van der Waals surface area contributed by atoms with Gasteiger partial charge in [-0.15, -0.1) is 11.3 Å². The molecule has 0 radical (unpaired) electrons. The fourth-order valence-electron chi connectivity index (χ4n) is 1.70. The van der Waals surface area contributed by atoms with Crippen molar-refractivity contribution in [1.82, 2.24) is 4.98 Å². The molecular formula is C14H16ClN3O2S. The second-order valence-electron chi connectivity index (χ2n) is 4.25. The van der Waals surface area contributed by atoms with Gasteiger partial charge in [-0.05, 0) is 12.1 Å². The Morgan fingerprint density at radius 3 is 2.90 bits per heavy atom. The van der Waals surface area contributed by atoms with Crippen molar-refractivity contribution in [1.29, 1.82) is 0 Å². The van der Waals surface area contributed by atoms with Crippen LogP contribution in [0, 0.1) is 0 Å². The van der Waals surface area contributed by atoms with Gasteiger partial charge in [0.1, 0.15) is 5.75 Å². The minimum atomic E-state index is -0.0479. The Morgan fingerprint density at radius 1 is 1.48 bits per heavy atom. The van der Waals surface area contributed by atoms with Crippen molar-refractivity contribution in [3.05, 3.63) is 33.7 Å². The standard InChI is InChI=1S/C14H16ClN3O2S/c1-3-13(19)18-11-5-4-9(6-12(11)20-2)16-7-10-8-17-14(15)21-10/h4-6,8,16H,3,7H2,1-2H3,(H,18,19). The molecule has 0 bridgehead atoms. The van der Waals surface area contributed by atoms with Gasteiger partial charge in [0.05, 0.1) is 19.3 Å². The van der Waals surface area contributed by atoms with Crippen molar-refractivity contribution in [2.45, 2.75) is 19.9 Å². The average molecular weight is 326 g/mol. The lowest BCUT2D eigenvalue weighted by Crippen LogP contribution is -2.10. The Hall–Kier alpha value is -1.79. The zero-order valence-electron chi connectivity index (χ0n) is 11.8. The minimum Gasteiger partial charge on any atom is -0.494 e. The summed E-state index contributed by atoms with van der Waals surface area (Å²) in [7, 11) is 1.57. The highest BCUT2D eigenvalue weighted by Crippen LogP contribution is 2.28. The molecule has 7 heteroatoms. The number of amides is 1. The van der Waals surface area contributed by atoms with Crippen molar-refractivity contribution in [2.24, 2.45) is 0 Å². The van der Waals surface area contributed by atoms with Crippen LogP contribution < -0.4 is 15.4 Å². The van der Waals surface area contributed by atoms with E-state index in [4.69, 9.17) is 16.3 Å². The third-order valence-corrected chi connectivity index (χ3v) is 3.90. The summed E-state index contributed by atoms with van der Waals surface area (Å²) < 4.78 is 5.83. The zero-order valence-corrected chi connectivity index (χ0v) is 13.3. The molecule has 21 heavy (non-hydrogen) atoms. The van der Waals surface area contributed by atoms with Gasteiger partial charge in [0, 0.05) is 29.2 Å². The topological polar surface area (TPSA) is 63.2 Å². The number of methoxy groups -OCH3 is 1. The van der Waals surface area contributed by atoms with Crippen LogP contribution in [-0.2, 0) is 11.3 Å². The van der Waals surface area contributed by atoms with Crippen molar-refractivity contribution < 1.29 is 9.53 Å². The van der Waals surface area contributed by atoms with Gasteiger partial charge in [0.2, 0.25) is 5.91 Å². The summed E-state index contributed by atoms with van der Waals surface area (Å²) >= 11 is 7.23. The Bertz CT molecular complexity index is 630. The fourth-order valence-corrected chi connectivity index (χ4v) is 2.62. The van der Waals surface area contributed by atoms with E-state index in [0.29, 0.717) is 28.9 Å². The van der Waals surface area contributed by atoms with Crippen LogP contribution in [0.25, 0.3) is 0 Å².